The average Bonchev–Trinajstić information content (AvgIpc) is 2.99. The van der Waals surface area contributed by atoms with E-state index in [0.29, 0.717) is 28.9 Å². The zero-order valence-electron chi connectivity index (χ0n) is 13.9. The first-order chi connectivity index (χ1) is 12.5. The fraction of sp³-hybridized carbons (Fsp3) is 0.353. The summed E-state index contributed by atoms with van der Waals surface area (Å²) in [6.07, 6.45) is 3.57. The van der Waals surface area contributed by atoms with E-state index in [1.54, 1.807) is 11.1 Å². The maximum atomic E-state index is 12.8. The molecule has 0 N–H and O–H groups in total. The van der Waals surface area contributed by atoms with E-state index < -0.39 is 0 Å². The molecule has 3 aromatic rings. The number of fused-ring (bicyclic) bond motifs is 1. The number of likely N-dealkylation sites (tertiary alicyclic amines) is 1. The predicted octanol–water partition coefficient (Wildman–Crippen LogP) is 4.12. The SMILES string of the molecule is Cc1nc(C2CCCN(C(=O)c3nsc(Cl)c3Cl)C2)c2cccnc2n1. The number of piperidine rings is 1. The summed E-state index contributed by atoms with van der Waals surface area (Å²) >= 11 is 13.1. The van der Waals surface area contributed by atoms with Crippen LogP contribution in [-0.4, -0.2) is 43.2 Å². The fourth-order valence-electron chi connectivity index (χ4n) is 3.34. The molecular weight excluding hydrogens is 393 g/mol. The third kappa shape index (κ3) is 3.15. The van der Waals surface area contributed by atoms with E-state index in [9.17, 15) is 4.79 Å². The molecular formula is C17H15Cl2N5OS. The number of pyridine rings is 1. The monoisotopic (exact) mass is 407 g/mol. The molecule has 3 aromatic heterocycles. The highest BCUT2D eigenvalue weighted by Crippen LogP contribution is 2.33. The Morgan fingerprint density at radius 1 is 1.35 bits per heavy atom. The highest BCUT2D eigenvalue weighted by molar-refractivity contribution is 7.11. The van der Waals surface area contributed by atoms with Crippen LogP contribution in [0.25, 0.3) is 11.0 Å². The van der Waals surface area contributed by atoms with Crippen molar-refractivity contribution < 1.29 is 4.79 Å². The van der Waals surface area contributed by atoms with Gasteiger partial charge in [-0.05, 0) is 43.4 Å². The molecule has 4 heterocycles. The molecule has 1 amide bonds. The Morgan fingerprint density at radius 3 is 2.96 bits per heavy atom. The van der Waals surface area contributed by atoms with Crippen LogP contribution < -0.4 is 0 Å². The van der Waals surface area contributed by atoms with Gasteiger partial charge in [0.2, 0.25) is 0 Å². The first-order valence-corrected chi connectivity index (χ1v) is 9.76. The minimum absolute atomic E-state index is 0.119. The minimum Gasteiger partial charge on any atom is -0.337 e. The molecule has 9 heteroatoms. The summed E-state index contributed by atoms with van der Waals surface area (Å²) in [7, 11) is 0. The first-order valence-electron chi connectivity index (χ1n) is 8.24. The van der Waals surface area contributed by atoms with Crippen LogP contribution in [0.15, 0.2) is 18.3 Å². The lowest BCUT2D eigenvalue weighted by Crippen LogP contribution is -2.39. The molecule has 0 bridgehead atoms. The van der Waals surface area contributed by atoms with Crippen LogP contribution in [0.2, 0.25) is 9.36 Å². The first kappa shape index (κ1) is 17.6. The lowest BCUT2D eigenvalue weighted by atomic mass is 9.92. The molecule has 26 heavy (non-hydrogen) atoms. The van der Waals surface area contributed by atoms with Crippen molar-refractivity contribution in [3.63, 3.8) is 0 Å². The third-order valence-electron chi connectivity index (χ3n) is 4.51. The van der Waals surface area contributed by atoms with E-state index in [1.807, 2.05) is 19.1 Å². The molecule has 1 aliphatic heterocycles. The summed E-state index contributed by atoms with van der Waals surface area (Å²) in [6.45, 7) is 3.09. The van der Waals surface area contributed by atoms with Crippen LogP contribution in [0.1, 0.15) is 40.8 Å². The number of hydrogen-bond donors (Lipinski definition) is 0. The van der Waals surface area contributed by atoms with Crippen molar-refractivity contribution in [2.45, 2.75) is 25.7 Å². The van der Waals surface area contributed by atoms with Gasteiger partial charge in [0.05, 0.1) is 5.69 Å². The normalized spacial score (nSPS) is 17.7. The smallest absolute Gasteiger partial charge is 0.275 e. The van der Waals surface area contributed by atoms with Crippen LogP contribution in [0.5, 0.6) is 0 Å². The molecule has 1 atom stereocenters. The highest BCUT2D eigenvalue weighted by atomic mass is 35.5. The number of hydrogen-bond acceptors (Lipinski definition) is 6. The van der Waals surface area contributed by atoms with Crippen LogP contribution in [0, 0.1) is 6.92 Å². The van der Waals surface area contributed by atoms with Crippen molar-refractivity contribution in [2.75, 3.05) is 13.1 Å². The molecule has 0 spiro atoms. The third-order valence-corrected chi connectivity index (χ3v) is 6.12. The van der Waals surface area contributed by atoms with Gasteiger partial charge in [0, 0.05) is 30.6 Å². The molecule has 0 aromatic carbocycles. The van der Waals surface area contributed by atoms with E-state index >= 15 is 0 Å². The quantitative estimate of drug-likeness (QED) is 0.638. The Morgan fingerprint density at radius 2 is 2.19 bits per heavy atom. The van der Waals surface area contributed by atoms with Crippen molar-refractivity contribution in [3.05, 3.63) is 44.9 Å². The van der Waals surface area contributed by atoms with E-state index in [-0.39, 0.29) is 22.5 Å². The van der Waals surface area contributed by atoms with Gasteiger partial charge in [0.1, 0.15) is 15.2 Å². The Kier molecular flexibility index (Phi) is 4.77. The number of nitrogens with zero attached hydrogens (tertiary/aromatic N) is 5. The Balaban J connectivity index is 1.65. The van der Waals surface area contributed by atoms with Gasteiger partial charge in [-0.25, -0.2) is 15.0 Å². The number of rotatable bonds is 2. The van der Waals surface area contributed by atoms with Crippen molar-refractivity contribution in [1.29, 1.82) is 0 Å². The lowest BCUT2D eigenvalue weighted by Gasteiger charge is -2.32. The van der Waals surface area contributed by atoms with E-state index in [4.69, 9.17) is 23.2 Å². The highest BCUT2D eigenvalue weighted by Gasteiger charge is 2.30. The van der Waals surface area contributed by atoms with Gasteiger partial charge in [0.25, 0.3) is 5.91 Å². The zero-order chi connectivity index (χ0) is 18.3. The van der Waals surface area contributed by atoms with Crippen molar-refractivity contribution >= 4 is 51.7 Å². The van der Waals surface area contributed by atoms with Crippen molar-refractivity contribution in [2.24, 2.45) is 0 Å². The summed E-state index contributed by atoms with van der Waals surface area (Å²) in [5.41, 5.74) is 1.86. The Labute approximate surface area is 164 Å². The predicted molar refractivity (Wildman–Crippen MR) is 102 cm³/mol. The van der Waals surface area contributed by atoms with Gasteiger partial charge < -0.3 is 4.90 Å². The second kappa shape index (κ2) is 7.06. The summed E-state index contributed by atoms with van der Waals surface area (Å²) < 4.78 is 4.44. The molecule has 6 nitrogen and oxygen atoms in total. The molecule has 1 saturated heterocycles. The van der Waals surface area contributed by atoms with Crippen LogP contribution in [0.3, 0.4) is 0 Å². The molecule has 0 saturated carbocycles. The van der Waals surface area contributed by atoms with Gasteiger partial charge in [0.15, 0.2) is 11.3 Å². The van der Waals surface area contributed by atoms with Gasteiger partial charge in [-0.2, -0.15) is 4.37 Å². The number of aryl methyl sites for hydroxylation is 1. The number of halogens is 2. The van der Waals surface area contributed by atoms with Gasteiger partial charge >= 0.3 is 0 Å². The summed E-state index contributed by atoms with van der Waals surface area (Å²) in [6, 6.07) is 3.86. The lowest BCUT2D eigenvalue weighted by molar-refractivity contribution is 0.0702. The van der Waals surface area contributed by atoms with Crippen molar-refractivity contribution in [1.82, 2.24) is 24.2 Å². The van der Waals surface area contributed by atoms with Crippen LogP contribution in [0.4, 0.5) is 0 Å². The molecule has 0 radical (unpaired) electrons. The second-order valence-electron chi connectivity index (χ2n) is 6.24. The largest absolute Gasteiger partial charge is 0.337 e. The standard InChI is InChI=1S/C17H15Cl2N5OS/c1-9-21-13(11-5-2-6-20-16(11)22-9)10-4-3-7-24(8-10)17(25)14-12(18)15(19)26-23-14/h2,5-6,10H,3-4,7-8H2,1H3. The number of carbonyl (C=O) groups is 1. The molecule has 4 rings (SSSR count). The topological polar surface area (TPSA) is 71.9 Å². The van der Waals surface area contributed by atoms with E-state index in [1.165, 1.54) is 0 Å². The van der Waals surface area contributed by atoms with Gasteiger partial charge in [-0.1, -0.05) is 23.2 Å². The number of carbonyl (C=O) groups excluding carboxylic acids is 1. The number of amides is 1. The summed E-state index contributed by atoms with van der Waals surface area (Å²) in [5, 5.41) is 1.17. The molecule has 1 fully saturated rings. The molecule has 134 valence electrons. The van der Waals surface area contributed by atoms with Crippen LogP contribution >= 0.6 is 34.7 Å². The maximum absolute atomic E-state index is 12.8. The second-order valence-corrected chi connectivity index (χ2v) is 7.99. The average molecular weight is 408 g/mol. The van der Waals surface area contributed by atoms with E-state index in [0.717, 1.165) is 35.5 Å². The fourth-order valence-corrected chi connectivity index (χ4v) is 4.32. The molecule has 1 aliphatic rings. The maximum Gasteiger partial charge on any atom is 0.275 e. The number of aromatic nitrogens is 4. The Hall–Kier alpha value is -1.83. The Bertz CT molecular complexity index is 992. The zero-order valence-corrected chi connectivity index (χ0v) is 16.3. The van der Waals surface area contributed by atoms with Gasteiger partial charge in [-0.15, -0.1) is 0 Å². The van der Waals surface area contributed by atoms with Crippen LogP contribution in [-0.2, 0) is 0 Å². The van der Waals surface area contributed by atoms with Gasteiger partial charge in [-0.3, -0.25) is 4.79 Å². The summed E-state index contributed by atoms with van der Waals surface area (Å²) in [5.74, 6) is 0.619. The summed E-state index contributed by atoms with van der Waals surface area (Å²) in [4.78, 5) is 28.0. The molecule has 0 aliphatic carbocycles. The van der Waals surface area contributed by atoms with Crippen molar-refractivity contribution in [3.8, 4) is 0 Å². The minimum atomic E-state index is -0.184. The van der Waals surface area contributed by atoms with E-state index in [2.05, 4.69) is 19.3 Å². The molecule has 1 unspecified atom stereocenters.